The van der Waals surface area contributed by atoms with Crippen LogP contribution in [-0.4, -0.2) is 24.3 Å². The summed E-state index contributed by atoms with van der Waals surface area (Å²) in [5.41, 5.74) is 7.35. The molecule has 2 aromatic carbocycles. The fourth-order valence-corrected chi connectivity index (χ4v) is 4.28. The molecule has 0 saturated heterocycles. The first-order valence-electron chi connectivity index (χ1n) is 11.2. The quantitative estimate of drug-likeness (QED) is 0.561. The predicted octanol–water partition coefficient (Wildman–Crippen LogP) is 4.03. The molecule has 0 fully saturated rings. The summed E-state index contributed by atoms with van der Waals surface area (Å²) in [6, 6.07) is 12.9. The number of benzene rings is 2. The van der Waals surface area contributed by atoms with Gasteiger partial charge in [-0.15, -0.1) is 0 Å². The van der Waals surface area contributed by atoms with E-state index in [1.807, 2.05) is 50.2 Å². The van der Waals surface area contributed by atoms with Crippen molar-refractivity contribution in [1.82, 2.24) is 10.7 Å². The molecule has 1 aliphatic carbocycles. The molecule has 8 heteroatoms. The van der Waals surface area contributed by atoms with Gasteiger partial charge in [-0.25, -0.2) is 5.43 Å². The largest absolute Gasteiger partial charge is 0.455 e. The van der Waals surface area contributed by atoms with Crippen LogP contribution in [0.2, 0.25) is 0 Å². The first-order chi connectivity index (χ1) is 16.5. The van der Waals surface area contributed by atoms with Gasteiger partial charge in [-0.3, -0.25) is 9.59 Å². The van der Waals surface area contributed by atoms with Gasteiger partial charge in [0, 0.05) is 29.7 Å². The maximum absolute atomic E-state index is 12.9. The SMILES string of the molecule is Cc1cccc(C(=O)N/N=C2\CCCc3oc(C(=O)NCc4ccc5c(c4)OCO5)c(C)c32)c1. The van der Waals surface area contributed by atoms with E-state index >= 15 is 0 Å². The molecule has 1 aromatic heterocycles. The van der Waals surface area contributed by atoms with E-state index in [0.717, 1.165) is 46.6 Å². The summed E-state index contributed by atoms with van der Waals surface area (Å²) in [6.45, 7) is 4.32. The summed E-state index contributed by atoms with van der Waals surface area (Å²) in [5.74, 6) is 1.79. The van der Waals surface area contributed by atoms with Crippen molar-refractivity contribution < 1.29 is 23.5 Å². The maximum atomic E-state index is 12.9. The van der Waals surface area contributed by atoms with E-state index in [1.54, 1.807) is 6.07 Å². The van der Waals surface area contributed by atoms with Crippen LogP contribution in [0.15, 0.2) is 52.0 Å². The Kier molecular flexibility index (Phi) is 5.79. The highest BCUT2D eigenvalue weighted by Crippen LogP contribution is 2.33. The minimum absolute atomic E-state index is 0.206. The van der Waals surface area contributed by atoms with E-state index in [9.17, 15) is 9.59 Å². The van der Waals surface area contributed by atoms with Crippen molar-refractivity contribution in [2.24, 2.45) is 5.10 Å². The molecule has 0 bridgehead atoms. The van der Waals surface area contributed by atoms with E-state index in [0.29, 0.717) is 30.0 Å². The van der Waals surface area contributed by atoms with Crippen LogP contribution in [0.4, 0.5) is 0 Å². The second-order valence-corrected chi connectivity index (χ2v) is 8.45. The summed E-state index contributed by atoms with van der Waals surface area (Å²) >= 11 is 0. The van der Waals surface area contributed by atoms with Gasteiger partial charge in [-0.2, -0.15) is 5.10 Å². The van der Waals surface area contributed by atoms with Gasteiger partial charge < -0.3 is 19.2 Å². The molecule has 5 rings (SSSR count). The highest BCUT2D eigenvalue weighted by Gasteiger charge is 2.28. The molecule has 2 heterocycles. The molecule has 0 saturated carbocycles. The van der Waals surface area contributed by atoms with Crippen LogP contribution < -0.4 is 20.2 Å². The number of hydrogen-bond donors (Lipinski definition) is 2. The van der Waals surface area contributed by atoms with E-state index in [-0.39, 0.29) is 24.4 Å². The number of aryl methyl sites for hydroxylation is 2. The fraction of sp³-hybridized carbons (Fsp3) is 0.269. The standard InChI is InChI=1S/C26H25N3O5/c1-15-5-3-6-18(11-15)25(30)29-28-19-7-4-8-21-23(19)16(2)24(34-21)26(31)27-13-17-9-10-20-22(12-17)33-14-32-20/h3,5-6,9-12H,4,7-8,13-14H2,1-2H3,(H,27,31)(H,29,30)/b28-19+. The Bertz CT molecular complexity index is 1310. The van der Waals surface area contributed by atoms with Crippen LogP contribution in [0.1, 0.15) is 61.8 Å². The maximum Gasteiger partial charge on any atom is 0.287 e. The van der Waals surface area contributed by atoms with Crippen molar-refractivity contribution in [2.75, 3.05) is 6.79 Å². The van der Waals surface area contributed by atoms with Crippen LogP contribution >= 0.6 is 0 Å². The molecule has 0 atom stereocenters. The lowest BCUT2D eigenvalue weighted by Gasteiger charge is -2.13. The van der Waals surface area contributed by atoms with Crippen LogP contribution in [0.25, 0.3) is 0 Å². The van der Waals surface area contributed by atoms with Crippen molar-refractivity contribution in [3.8, 4) is 11.5 Å². The Balaban J connectivity index is 1.31. The molecular weight excluding hydrogens is 434 g/mol. The minimum atomic E-state index is -0.298. The van der Waals surface area contributed by atoms with Gasteiger partial charge in [0.05, 0.1) is 5.71 Å². The molecule has 8 nitrogen and oxygen atoms in total. The molecule has 34 heavy (non-hydrogen) atoms. The smallest absolute Gasteiger partial charge is 0.287 e. The number of amides is 2. The molecule has 0 unspecified atom stereocenters. The molecule has 0 radical (unpaired) electrons. The number of nitrogens with zero attached hydrogens (tertiary/aromatic N) is 1. The number of ether oxygens (including phenoxy) is 2. The molecule has 0 spiro atoms. The molecule has 2 amide bonds. The number of carbonyl (C=O) groups excluding carboxylic acids is 2. The lowest BCUT2D eigenvalue weighted by molar-refractivity contribution is 0.0919. The zero-order chi connectivity index (χ0) is 23.7. The van der Waals surface area contributed by atoms with Crippen LogP contribution in [-0.2, 0) is 13.0 Å². The average molecular weight is 460 g/mol. The first kappa shape index (κ1) is 21.8. The number of hydrogen-bond acceptors (Lipinski definition) is 6. The van der Waals surface area contributed by atoms with Crippen LogP contribution in [0.5, 0.6) is 11.5 Å². The zero-order valence-corrected chi connectivity index (χ0v) is 19.1. The highest BCUT2D eigenvalue weighted by atomic mass is 16.7. The molecular formula is C26H25N3O5. The minimum Gasteiger partial charge on any atom is -0.455 e. The van der Waals surface area contributed by atoms with Crippen molar-refractivity contribution in [3.05, 3.63) is 81.8 Å². The van der Waals surface area contributed by atoms with Gasteiger partial charge >= 0.3 is 0 Å². The number of carbonyl (C=O) groups is 2. The summed E-state index contributed by atoms with van der Waals surface area (Å²) in [6.07, 6.45) is 2.24. The third-order valence-electron chi connectivity index (χ3n) is 5.99. The Morgan fingerprint density at radius 3 is 2.71 bits per heavy atom. The number of rotatable bonds is 5. The predicted molar refractivity (Wildman–Crippen MR) is 125 cm³/mol. The second-order valence-electron chi connectivity index (χ2n) is 8.45. The molecule has 3 aromatic rings. The highest BCUT2D eigenvalue weighted by molar-refractivity contribution is 6.07. The van der Waals surface area contributed by atoms with Gasteiger partial charge in [0.2, 0.25) is 6.79 Å². The van der Waals surface area contributed by atoms with Crippen molar-refractivity contribution in [2.45, 2.75) is 39.7 Å². The third kappa shape index (κ3) is 4.26. The van der Waals surface area contributed by atoms with Crippen LogP contribution in [0.3, 0.4) is 0 Å². The summed E-state index contributed by atoms with van der Waals surface area (Å²) < 4.78 is 16.7. The van der Waals surface area contributed by atoms with Crippen molar-refractivity contribution >= 4 is 17.5 Å². The number of furan rings is 1. The lowest BCUT2D eigenvalue weighted by atomic mass is 9.93. The first-order valence-corrected chi connectivity index (χ1v) is 11.2. The van der Waals surface area contributed by atoms with Crippen molar-refractivity contribution in [1.29, 1.82) is 0 Å². The molecule has 1 aliphatic heterocycles. The lowest BCUT2D eigenvalue weighted by Crippen LogP contribution is -2.23. The Hall–Kier alpha value is -4.07. The van der Waals surface area contributed by atoms with Gasteiger partial charge in [0.15, 0.2) is 17.3 Å². The van der Waals surface area contributed by atoms with E-state index in [1.165, 1.54) is 0 Å². The summed E-state index contributed by atoms with van der Waals surface area (Å²) in [7, 11) is 0. The van der Waals surface area contributed by atoms with Gasteiger partial charge in [0.25, 0.3) is 11.8 Å². The molecule has 174 valence electrons. The summed E-state index contributed by atoms with van der Waals surface area (Å²) in [4.78, 5) is 25.4. The topological polar surface area (TPSA) is 102 Å². The Labute approximate surface area is 196 Å². The average Bonchev–Trinajstić information content (AvgIpc) is 3.45. The number of nitrogens with one attached hydrogen (secondary N) is 2. The molecule has 2 aliphatic rings. The van der Waals surface area contributed by atoms with E-state index in [4.69, 9.17) is 13.9 Å². The van der Waals surface area contributed by atoms with Gasteiger partial charge in [-0.05, 0) is 56.5 Å². The zero-order valence-electron chi connectivity index (χ0n) is 19.1. The van der Waals surface area contributed by atoms with E-state index in [2.05, 4.69) is 15.8 Å². The normalized spacial score (nSPS) is 15.2. The monoisotopic (exact) mass is 459 g/mol. The number of hydrazone groups is 1. The fourth-order valence-electron chi connectivity index (χ4n) is 4.28. The van der Waals surface area contributed by atoms with Gasteiger partial charge in [0.1, 0.15) is 5.76 Å². The van der Waals surface area contributed by atoms with Gasteiger partial charge in [-0.1, -0.05) is 23.8 Å². The Morgan fingerprint density at radius 1 is 1.00 bits per heavy atom. The third-order valence-corrected chi connectivity index (χ3v) is 5.99. The molecule has 2 N–H and O–H groups in total. The Morgan fingerprint density at radius 2 is 1.85 bits per heavy atom. The summed E-state index contributed by atoms with van der Waals surface area (Å²) in [5, 5.41) is 7.30. The van der Waals surface area contributed by atoms with E-state index < -0.39 is 0 Å². The van der Waals surface area contributed by atoms with Crippen molar-refractivity contribution in [3.63, 3.8) is 0 Å². The second kappa shape index (κ2) is 9.05. The number of fused-ring (bicyclic) bond motifs is 2. The van der Waals surface area contributed by atoms with Crippen LogP contribution in [0, 0.1) is 13.8 Å².